The number of esters is 1. The Balaban J connectivity index is 1.97. The third-order valence-corrected chi connectivity index (χ3v) is 19.6. The van der Waals surface area contributed by atoms with Crippen LogP contribution in [0.5, 0.6) is 0 Å². The maximum atomic E-state index is 14.0. The number of carbonyl (C=O) groups is 1. The van der Waals surface area contributed by atoms with E-state index >= 15 is 0 Å². The van der Waals surface area contributed by atoms with Gasteiger partial charge in [-0.25, -0.2) is 14.3 Å². The minimum absolute atomic E-state index is 0.0559. The zero-order chi connectivity index (χ0) is 33.6. The van der Waals surface area contributed by atoms with E-state index in [0.717, 1.165) is 5.03 Å². The van der Waals surface area contributed by atoms with Gasteiger partial charge < -0.3 is 18.3 Å². The van der Waals surface area contributed by atoms with Crippen molar-refractivity contribution < 1.29 is 23.1 Å². The molecule has 1 saturated heterocycles. The van der Waals surface area contributed by atoms with Gasteiger partial charge in [0.2, 0.25) is 0 Å². The molecule has 0 bridgehead atoms. The zero-order valence-electron chi connectivity index (χ0n) is 28.7. The van der Waals surface area contributed by atoms with E-state index in [-0.39, 0.29) is 16.7 Å². The number of benzene rings is 1. The predicted molar refractivity (Wildman–Crippen MR) is 182 cm³/mol. The SMILES string of the molecule is CSc1ncnn2c(C3(OC(=O)c4ccccc4)O[C@H](CO[Si](C)(C)C(C)(C)C)[C@@H](O[Si](C)(C)C(C)(C)C)[C@@]3(C)C#N)ccc12. The van der Waals surface area contributed by atoms with Crippen molar-refractivity contribution in [3.05, 3.63) is 60.0 Å². The highest BCUT2D eigenvalue weighted by atomic mass is 32.2. The van der Waals surface area contributed by atoms with Crippen molar-refractivity contribution in [3.8, 4) is 6.07 Å². The highest BCUT2D eigenvalue weighted by Gasteiger charge is 2.70. The molecule has 45 heavy (non-hydrogen) atoms. The third-order valence-electron chi connectivity index (χ3n) is 9.98. The summed E-state index contributed by atoms with van der Waals surface area (Å²) in [6.45, 7) is 23.6. The van der Waals surface area contributed by atoms with Crippen LogP contribution in [0.1, 0.15) is 64.5 Å². The molecule has 9 nitrogen and oxygen atoms in total. The molecule has 4 rings (SSSR count). The van der Waals surface area contributed by atoms with Crippen LogP contribution in [0.15, 0.2) is 53.8 Å². The Hall–Kier alpha value is -2.54. The average Bonchev–Trinajstić information content (AvgIpc) is 3.49. The van der Waals surface area contributed by atoms with E-state index in [2.05, 4.69) is 83.9 Å². The summed E-state index contributed by atoms with van der Waals surface area (Å²) in [5, 5.41) is 16.3. The molecule has 0 spiro atoms. The molecule has 1 unspecified atom stereocenters. The number of aromatic nitrogens is 3. The number of thioether (sulfide) groups is 1. The number of carbonyl (C=O) groups excluding carboxylic acids is 1. The van der Waals surface area contributed by atoms with Gasteiger partial charge in [0, 0.05) is 0 Å². The fourth-order valence-corrected chi connectivity index (χ4v) is 7.91. The maximum absolute atomic E-state index is 14.0. The summed E-state index contributed by atoms with van der Waals surface area (Å²) in [7, 11) is -4.75. The van der Waals surface area contributed by atoms with E-state index < -0.39 is 46.0 Å². The topological polar surface area (TPSA) is 108 Å². The molecule has 0 N–H and O–H groups in total. The summed E-state index contributed by atoms with van der Waals surface area (Å²) in [6, 6.07) is 14.9. The molecule has 1 aliphatic rings. The number of nitriles is 1. The van der Waals surface area contributed by atoms with Crippen molar-refractivity contribution in [2.45, 2.75) is 108 Å². The highest BCUT2D eigenvalue weighted by Crippen LogP contribution is 2.57. The monoisotopic (exact) mass is 668 g/mol. The molecule has 1 aromatic carbocycles. The maximum Gasteiger partial charge on any atom is 0.341 e. The van der Waals surface area contributed by atoms with Crippen molar-refractivity contribution in [2.24, 2.45) is 5.41 Å². The first-order valence-electron chi connectivity index (χ1n) is 15.3. The lowest BCUT2D eigenvalue weighted by Gasteiger charge is -2.43. The number of fused-ring (bicyclic) bond motifs is 1. The lowest BCUT2D eigenvalue weighted by Crippen LogP contribution is -2.54. The quantitative estimate of drug-likeness (QED) is 0.128. The minimum Gasteiger partial charge on any atom is -0.421 e. The van der Waals surface area contributed by atoms with Crippen LogP contribution in [0, 0.1) is 16.7 Å². The summed E-state index contributed by atoms with van der Waals surface area (Å²) < 4.78 is 29.0. The van der Waals surface area contributed by atoms with E-state index in [9.17, 15) is 10.1 Å². The minimum atomic E-state index is -2.50. The summed E-state index contributed by atoms with van der Waals surface area (Å²) in [5.41, 5.74) is -0.0550. The summed E-state index contributed by atoms with van der Waals surface area (Å²) in [6.07, 6.45) is 1.87. The summed E-state index contributed by atoms with van der Waals surface area (Å²) in [5.74, 6) is -2.53. The second-order valence-corrected chi connectivity index (χ2v) is 25.4. The van der Waals surface area contributed by atoms with Gasteiger partial charge in [-0.1, -0.05) is 59.7 Å². The molecule has 4 atom stereocenters. The fourth-order valence-electron chi connectivity index (χ4n) is 5.00. The number of nitrogens with zero attached hydrogens (tertiary/aromatic N) is 4. The van der Waals surface area contributed by atoms with Crippen LogP contribution in [-0.2, 0) is 24.1 Å². The highest BCUT2D eigenvalue weighted by molar-refractivity contribution is 7.98. The lowest BCUT2D eigenvalue weighted by molar-refractivity contribution is -0.239. The number of rotatable bonds is 9. The van der Waals surface area contributed by atoms with Crippen molar-refractivity contribution in [2.75, 3.05) is 12.9 Å². The Bertz CT molecular complexity index is 1580. The Morgan fingerprint density at radius 2 is 1.67 bits per heavy atom. The van der Waals surface area contributed by atoms with E-state index in [4.69, 9.17) is 18.3 Å². The number of hydrogen-bond acceptors (Lipinski definition) is 9. The fraction of sp³-hybridized carbons (Fsp3) is 0.576. The molecule has 3 heterocycles. The first-order valence-corrected chi connectivity index (χ1v) is 22.4. The lowest BCUT2D eigenvalue weighted by atomic mass is 9.76. The van der Waals surface area contributed by atoms with Gasteiger partial charge in [-0.2, -0.15) is 10.4 Å². The van der Waals surface area contributed by atoms with Crippen molar-refractivity contribution in [3.63, 3.8) is 0 Å². The Labute approximate surface area is 274 Å². The van der Waals surface area contributed by atoms with Crippen LogP contribution in [0.2, 0.25) is 36.3 Å². The molecule has 1 aliphatic heterocycles. The first-order chi connectivity index (χ1) is 20.7. The normalized spacial score (nSPS) is 24.5. The van der Waals surface area contributed by atoms with E-state index in [1.807, 2.05) is 18.4 Å². The number of ether oxygens (including phenoxy) is 2. The third kappa shape index (κ3) is 6.27. The Morgan fingerprint density at radius 3 is 2.22 bits per heavy atom. The van der Waals surface area contributed by atoms with Gasteiger partial charge >= 0.3 is 5.97 Å². The number of hydrogen-bond donors (Lipinski definition) is 0. The second-order valence-electron chi connectivity index (χ2n) is 15.0. The van der Waals surface area contributed by atoms with Gasteiger partial charge in [0.25, 0.3) is 5.79 Å². The summed E-state index contributed by atoms with van der Waals surface area (Å²) >= 11 is 1.47. The molecular weight excluding hydrogens is 621 g/mol. The van der Waals surface area contributed by atoms with Gasteiger partial charge in [-0.3, -0.25) is 0 Å². The van der Waals surface area contributed by atoms with Crippen LogP contribution in [0.3, 0.4) is 0 Å². The van der Waals surface area contributed by atoms with Crippen molar-refractivity contribution >= 4 is 39.9 Å². The molecule has 0 aliphatic carbocycles. The molecule has 244 valence electrons. The standard InChI is InChI=1S/C33H48N4O5SSi2/c1-30(2,3)44(9,10)39-20-25-27(42-45(11,12)31(4,5)6)32(7,21-34)33(40-25,41-29(38)23-16-14-13-15-17-23)26-19-18-24-28(43-8)35-22-36-37(24)26/h13-19,22,25,27H,20H2,1-12H3/t25-,27-,32-,33?/m1/s1. The largest absolute Gasteiger partial charge is 0.421 e. The van der Waals surface area contributed by atoms with Crippen LogP contribution in [0.4, 0.5) is 0 Å². The van der Waals surface area contributed by atoms with Gasteiger partial charge in [-0.15, -0.1) is 11.8 Å². The van der Waals surface area contributed by atoms with Gasteiger partial charge in [0.05, 0.1) is 29.9 Å². The molecule has 3 aromatic rings. The van der Waals surface area contributed by atoms with Crippen molar-refractivity contribution in [1.82, 2.24) is 14.6 Å². The zero-order valence-corrected chi connectivity index (χ0v) is 31.5. The van der Waals surface area contributed by atoms with Crippen LogP contribution in [-0.4, -0.2) is 62.3 Å². The molecule has 1 fully saturated rings. The van der Waals surface area contributed by atoms with E-state index in [1.54, 1.807) is 41.8 Å². The van der Waals surface area contributed by atoms with E-state index in [0.29, 0.717) is 16.8 Å². The van der Waals surface area contributed by atoms with Gasteiger partial charge in [0.1, 0.15) is 23.2 Å². The van der Waals surface area contributed by atoms with E-state index in [1.165, 1.54) is 18.1 Å². The molecule has 12 heteroatoms. The van der Waals surface area contributed by atoms with Crippen LogP contribution < -0.4 is 0 Å². The molecule has 0 amide bonds. The molecule has 2 aromatic heterocycles. The summed E-state index contributed by atoms with van der Waals surface area (Å²) in [4.78, 5) is 18.4. The molecular formula is C33H48N4O5SSi2. The molecule has 0 saturated carbocycles. The average molecular weight is 669 g/mol. The van der Waals surface area contributed by atoms with Crippen LogP contribution >= 0.6 is 11.8 Å². The Morgan fingerprint density at radius 1 is 1.04 bits per heavy atom. The van der Waals surface area contributed by atoms with Crippen LogP contribution in [0.25, 0.3) is 5.52 Å². The Kier molecular flexibility index (Phi) is 9.61. The smallest absolute Gasteiger partial charge is 0.341 e. The predicted octanol–water partition coefficient (Wildman–Crippen LogP) is 7.80. The van der Waals surface area contributed by atoms with Gasteiger partial charge in [0.15, 0.2) is 22.0 Å². The second kappa shape index (κ2) is 12.2. The van der Waals surface area contributed by atoms with Gasteiger partial charge in [-0.05, 0) is 73.7 Å². The first kappa shape index (κ1) is 35.3. The molecule has 0 radical (unpaired) electrons. The van der Waals surface area contributed by atoms with Crippen molar-refractivity contribution in [1.29, 1.82) is 5.26 Å².